The first-order valence-electron chi connectivity index (χ1n) is 10.3. The first-order valence-corrected chi connectivity index (χ1v) is 10.3. The number of hydrogen-bond acceptors (Lipinski definition) is 8. The van der Waals surface area contributed by atoms with E-state index in [0.29, 0.717) is 50.7 Å². The maximum atomic E-state index is 11.5. The predicted octanol–water partition coefficient (Wildman–Crippen LogP) is 2.91. The Morgan fingerprint density at radius 1 is 0.875 bits per heavy atom. The Kier molecular flexibility index (Phi) is 8.75. The largest absolute Gasteiger partial charge is 0.481 e. The molecule has 0 atom stereocenters. The van der Waals surface area contributed by atoms with Crippen LogP contribution in [0.5, 0.6) is 0 Å². The summed E-state index contributed by atoms with van der Waals surface area (Å²) in [4.78, 5) is 27.9. The quantitative estimate of drug-likeness (QED) is 0.763. The van der Waals surface area contributed by atoms with Gasteiger partial charge < -0.3 is 14.6 Å². The summed E-state index contributed by atoms with van der Waals surface area (Å²) in [6.45, 7) is 5.84. The molecule has 9 nitrogen and oxygen atoms in total. The lowest BCUT2D eigenvalue weighted by Gasteiger charge is -2.32. The normalized spacial score (nSPS) is 18.8. The number of rotatable bonds is 3. The maximum absolute atomic E-state index is 11.5. The lowest BCUT2D eigenvalue weighted by atomic mass is 9.75. The molecule has 0 saturated carbocycles. The first kappa shape index (κ1) is 25.3. The van der Waals surface area contributed by atoms with Crippen molar-refractivity contribution in [2.45, 2.75) is 57.8 Å². The van der Waals surface area contributed by atoms with Crippen molar-refractivity contribution >= 4 is 5.97 Å². The Bertz CT molecular complexity index is 913. The molecule has 2 aliphatic rings. The summed E-state index contributed by atoms with van der Waals surface area (Å²) in [5.74, 6) is 0.568. The van der Waals surface area contributed by atoms with E-state index in [-0.39, 0.29) is 7.43 Å². The SMILES string of the molecule is C.Cc1ncc(C2(C#N)CCOCC2)cn1.Cc1ncc(C2(C(=O)O)CCOCC2)cn1. The summed E-state index contributed by atoms with van der Waals surface area (Å²) in [5, 5.41) is 18.7. The van der Waals surface area contributed by atoms with E-state index in [9.17, 15) is 15.2 Å². The summed E-state index contributed by atoms with van der Waals surface area (Å²) in [7, 11) is 0. The molecule has 2 aliphatic heterocycles. The molecule has 0 aromatic carbocycles. The second-order valence-corrected chi connectivity index (χ2v) is 7.84. The van der Waals surface area contributed by atoms with Crippen molar-refractivity contribution in [3.63, 3.8) is 0 Å². The summed E-state index contributed by atoms with van der Waals surface area (Å²) >= 11 is 0. The Hall–Kier alpha value is -2.96. The van der Waals surface area contributed by atoms with Gasteiger partial charge in [-0.05, 0) is 39.5 Å². The average Bonchev–Trinajstić information content (AvgIpc) is 2.81. The summed E-state index contributed by atoms with van der Waals surface area (Å²) < 4.78 is 10.5. The maximum Gasteiger partial charge on any atom is 0.314 e. The first-order chi connectivity index (χ1) is 14.9. The minimum absolute atomic E-state index is 0. The van der Waals surface area contributed by atoms with Gasteiger partial charge in [0.15, 0.2) is 0 Å². The van der Waals surface area contributed by atoms with Crippen LogP contribution in [0.3, 0.4) is 0 Å². The third-order valence-corrected chi connectivity index (χ3v) is 5.98. The number of carboxylic acid groups (broad SMARTS) is 1. The van der Waals surface area contributed by atoms with Crippen LogP contribution in [0.1, 0.15) is 55.9 Å². The summed E-state index contributed by atoms with van der Waals surface area (Å²) in [6.07, 6.45) is 9.17. The van der Waals surface area contributed by atoms with Gasteiger partial charge in [-0.25, -0.2) is 19.9 Å². The van der Waals surface area contributed by atoms with Crippen LogP contribution < -0.4 is 0 Å². The monoisotopic (exact) mass is 441 g/mol. The van der Waals surface area contributed by atoms with Gasteiger partial charge in [-0.3, -0.25) is 4.79 Å². The number of ether oxygens (including phenoxy) is 2. The molecule has 0 amide bonds. The molecule has 2 aromatic rings. The molecule has 32 heavy (non-hydrogen) atoms. The van der Waals surface area contributed by atoms with Crippen molar-refractivity contribution in [1.82, 2.24) is 19.9 Å². The zero-order chi connectivity index (χ0) is 22.3. The van der Waals surface area contributed by atoms with Crippen LogP contribution >= 0.6 is 0 Å². The highest BCUT2D eigenvalue weighted by Gasteiger charge is 2.42. The third kappa shape index (κ3) is 5.44. The van der Waals surface area contributed by atoms with Crippen LogP contribution in [-0.4, -0.2) is 57.4 Å². The van der Waals surface area contributed by atoms with Crippen LogP contribution in [-0.2, 0) is 25.1 Å². The van der Waals surface area contributed by atoms with E-state index in [4.69, 9.17) is 9.47 Å². The molecule has 0 spiro atoms. The van der Waals surface area contributed by atoms with Crippen molar-refractivity contribution in [1.29, 1.82) is 5.26 Å². The average molecular weight is 442 g/mol. The number of nitrogens with zero attached hydrogens (tertiary/aromatic N) is 5. The molecule has 2 saturated heterocycles. The van der Waals surface area contributed by atoms with Crippen molar-refractivity contribution < 1.29 is 19.4 Å². The van der Waals surface area contributed by atoms with Crippen LogP contribution in [0.25, 0.3) is 0 Å². The lowest BCUT2D eigenvalue weighted by molar-refractivity contribution is -0.147. The van der Waals surface area contributed by atoms with Crippen LogP contribution in [0.4, 0.5) is 0 Å². The number of carbonyl (C=O) groups is 1. The zero-order valence-corrected chi connectivity index (χ0v) is 17.9. The van der Waals surface area contributed by atoms with E-state index in [1.54, 1.807) is 31.7 Å². The lowest BCUT2D eigenvalue weighted by Crippen LogP contribution is -2.41. The fourth-order valence-electron chi connectivity index (χ4n) is 3.81. The molecule has 1 N–H and O–H groups in total. The molecular weight excluding hydrogens is 410 g/mol. The highest BCUT2D eigenvalue weighted by atomic mass is 16.5. The zero-order valence-electron chi connectivity index (χ0n) is 17.9. The highest BCUT2D eigenvalue weighted by Crippen LogP contribution is 2.34. The van der Waals surface area contributed by atoms with E-state index in [1.807, 2.05) is 6.92 Å². The molecule has 172 valence electrons. The second-order valence-electron chi connectivity index (χ2n) is 7.84. The molecule has 2 fully saturated rings. The van der Waals surface area contributed by atoms with Gasteiger partial charge in [-0.2, -0.15) is 5.26 Å². The molecular formula is C23H31N5O4. The van der Waals surface area contributed by atoms with E-state index >= 15 is 0 Å². The van der Waals surface area contributed by atoms with E-state index < -0.39 is 16.8 Å². The van der Waals surface area contributed by atoms with Crippen molar-refractivity contribution in [3.8, 4) is 6.07 Å². The van der Waals surface area contributed by atoms with E-state index in [0.717, 1.165) is 24.2 Å². The van der Waals surface area contributed by atoms with Crippen LogP contribution in [0.2, 0.25) is 0 Å². The number of aliphatic carboxylic acids is 1. The fourth-order valence-corrected chi connectivity index (χ4v) is 3.81. The predicted molar refractivity (Wildman–Crippen MR) is 117 cm³/mol. The van der Waals surface area contributed by atoms with Gasteiger partial charge in [0.1, 0.15) is 17.1 Å². The Morgan fingerprint density at radius 2 is 1.28 bits per heavy atom. The van der Waals surface area contributed by atoms with Gasteiger partial charge in [-0.1, -0.05) is 7.43 Å². The minimum atomic E-state index is -0.869. The topological polar surface area (TPSA) is 131 Å². The van der Waals surface area contributed by atoms with Gasteiger partial charge in [0, 0.05) is 62.3 Å². The smallest absolute Gasteiger partial charge is 0.314 e. The van der Waals surface area contributed by atoms with Gasteiger partial charge in [0.25, 0.3) is 0 Å². The number of carboxylic acids is 1. The number of hydrogen-bond donors (Lipinski definition) is 1. The number of aromatic nitrogens is 4. The molecule has 2 aromatic heterocycles. The molecule has 0 bridgehead atoms. The molecule has 0 aliphatic carbocycles. The summed E-state index contributed by atoms with van der Waals surface area (Å²) in [6, 6.07) is 2.39. The number of nitriles is 1. The number of aryl methyl sites for hydroxylation is 2. The minimum Gasteiger partial charge on any atom is -0.481 e. The molecule has 0 unspecified atom stereocenters. The van der Waals surface area contributed by atoms with Gasteiger partial charge >= 0.3 is 5.97 Å². The molecule has 4 heterocycles. The Labute approximate surface area is 188 Å². The van der Waals surface area contributed by atoms with Crippen LogP contribution in [0, 0.1) is 25.2 Å². The van der Waals surface area contributed by atoms with Crippen LogP contribution in [0.15, 0.2) is 24.8 Å². The van der Waals surface area contributed by atoms with Gasteiger partial charge in [0.05, 0.1) is 11.5 Å². The highest BCUT2D eigenvalue weighted by molar-refractivity contribution is 5.81. The van der Waals surface area contributed by atoms with Crippen molar-refractivity contribution in [2.75, 3.05) is 26.4 Å². The molecule has 9 heteroatoms. The third-order valence-electron chi connectivity index (χ3n) is 5.98. The van der Waals surface area contributed by atoms with E-state index in [1.165, 1.54) is 0 Å². The fraction of sp³-hybridized carbons (Fsp3) is 0.565. The van der Waals surface area contributed by atoms with Gasteiger partial charge in [-0.15, -0.1) is 0 Å². The van der Waals surface area contributed by atoms with Gasteiger partial charge in [0.2, 0.25) is 0 Å². The molecule has 0 radical (unpaired) electrons. The standard InChI is InChI=1S/C11H13N3O.C11H14N2O3.CH4/c1-9-13-6-10(7-14-9)11(8-12)2-4-15-5-3-11;1-8-12-6-9(7-13-8)11(10(14)15)2-4-16-5-3-11;/h6-7H,2-5H2,1H3;6-7H,2-5H2,1H3,(H,14,15);1H4. The summed E-state index contributed by atoms with van der Waals surface area (Å²) in [5.41, 5.74) is 0.283. The van der Waals surface area contributed by atoms with Crippen molar-refractivity contribution in [3.05, 3.63) is 47.6 Å². The van der Waals surface area contributed by atoms with E-state index in [2.05, 4.69) is 26.0 Å². The molecule has 4 rings (SSSR count). The second kappa shape index (κ2) is 11.1. The Morgan fingerprint density at radius 3 is 1.69 bits per heavy atom. The Balaban J connectivity index is 0.000000220. The van der Waals surface area contributed by atoms with Crippen molar-refractivity contribution in [2.24, 2.45) is 0 Å².